The van der Waals surface area contributed by atoms with E-state index in [-0.39, 0.29) is 18.4 Å². The number of likely N-dealkylation sites (tertiary alicyclic amines) is 1. The molecular formula is C18H27NO3. The Bertz CT molecular complexity index is 489. The second-order valence-electron chi connectivity index (χ2n) is 6.21. The molecule has 1 N–H and O–H groups in total. The molecular weight excluding hydrogens is 278 g/mol. The quantitative estimate of drug-likeness (QED) is 0.842. The van der Waals surface area contributed by atoms with Crippen molar-refractivity contribution in [1.82, 2.24) is 4.90 Å². The summed E-state index contributed by atoms with van der Waals surface area (Å²) >= 11 is 0. The van der Waals surface area contributed by atoms with Gasteiger partial charge >= 0.3 is 0 Å². The number of nitrogens with zero attached hydrogens (tertiary/aromatic N) is 1. The van der Waals surface area contributed by atoms with Crippen LogP contribution in [0.15, 0.2) is 24.3 Å². The number of para-hydroxylation sites is 1. The van der Waals surface area contributed by atoms with E-state index in [1.807, 2.05) is 29.2 Å². The molecule has 1 amide bonds. The third-order valence-corrected chi connectivity index (χ3v) is 4.56. The maximum absolute atomic E-state index is 12.5. The standard InChI is InChI=1S/C18H27NO3/c1-14(16-7-3-4-8-17(16)22-2)12-18(21)19-10-9-15(13-19)6-5-11-20/h3-4,7-8,14-15,20H,5-6,9-13H2,1-2H3/t14-,15-/m1/s1. The summed E-state index contributed by atoms with van der Waals surface area (Å²) in [6.45, 7) is 4.02. The molecule has 0 unspecified atom stereocenters. The van der Waals surface area contributed by atoms with E-state index >= 15 is 0 Å². The molecule has 1 saturated heterocycles. The van der Waals surface area contributed by atoms with E-state index in [1.54, 1.807) is 7.11 Å². The predicted molar refractivity (Wildman–Crippen MR) is 87.0 cm³/mol. The maximum Gasteiger partial charge on any atom is 0.223 e. The zero-order valence-electron chi connectivity index (χ0n) is 13.6. The Morgan fingerprint density at radius 3 is 2.95 bits per heavy atom. The molecule has 0 aromatic heterocycles. The van der Waals surface area contributed by atoms with Crippen molar-refractivity contribution < 1.29 is 14.6 Å². The number of carbonyl (C=O) groups excluding carboxylic acids is 1. The van der Waals surface area contributed by atoms with Crippen LogP contribution < -0.4 is 4.74 Å². The molecule has 1 heterocycles. The van der Waals surface area contributed by atoms with Crippen LogP contribution in [0.3, 0.4) is 0 Å². The van der Waals surface area contributed by atoms with Crippen LogP contribution in [-0.4, -0.2) is 42.7 Å². The molecule has 4 nitrogen and oxygen atoms in total. The Kier molecular flexibility index (Phi) is 6.25. The molecule has 2 atom stereocenters. The van der Waals surface area contributed by atoms with Crippen molar-refractivity contribution in [3.05, 3.63) is 29.8 Å². The van der Waals surface area contributed by atoms with Gasteiger partial charge in [0.05, 0.1) is 7.11 Å². The van der Waals surface area contributed by atoms with Gasteiger partial charge in [0, 0.05) is 26.1 Å². The summed E-state index contributed by atoms with van der Waals surface area (Å²) in [6.07, 6.45) is 3.44. The number of hydrogen-bond donors (Lipinski definition) is 1. The molecule has 0 radical (unpaired) electrons. The third kappa shape index (κ3) is 4.23. The average Bonchev–Trinajstić information content (AvgIpc) is 3.01. The Morgan fingerprint density at radius 2 is 2.23 bits per heavy atom. The molecule has 22 heavy (non-hydrogen) atoms. The molecule has 1 aromatic rings. The monoisotopic (exact) mass is 305 g/mol. The molecule has 1 aliphatic heterocycles. The SMILES string of the molecule is COc1ccccc1[C@H](C)CC(=O)N1CC[C@@H](CCCO)C1. The van der Waals surface area contributed by atoms with Crippen LogP contribution in [0.5, 0.6) is 5.75 Å². The first-order valence-electron chi connectivity index (χ1n) is 8.17. The van der Waals surface area contributed by atoms with E-state index in [4.69, 9.17) is 9.84 Å². The molecule has 0 saturated carbocycles. The van der Waals surface area contributed by atoms with Crippen molar-refractivity contribution in [2.75, 3.05) is 26.8 Å². The van der Waals surface area contributed by atoms with Gasteiger partial charge in [0.25, 0.3) is 0 Å². The number of amides is 1. The molecule has 0 aliphatic carbocycles. The second kappa shape index (κ2) is 8.18. The first-order chi connectivity index (χ1) is 10.7. The summed E-state index contributed by atoms with van der Waals surface area (Å²) in [4.78, 5) is 14.5. The Morgan fingerprint density at radius 1 is 1.45 bits per heavy atom. The lowest BCUT2D eigenvalue weighted by atomic mass is 9.96. The van der Waals surface area contributed by atoms with E-state index in [0.717, 1.165) is 43.7 Å². The van der Waals surface area contributed by atoms with Crippen LogP contribution >= 0.6 is 0 Å². The van der Waals surface area contributed by atoms with Gasteiger partial charge in [-0.2, -0.15) is 0 Å². The molecule has 122 valence electrons. The highest BCUT2D eigenvalue weighted by Crippen LogP contribution is 2.30. The summed E-state index contributed by atoms with van der Waals surface area (Å²) < 4.78 is 5.39. The van der Waals surface area contributed by atoms with Gasteiger partial charge in [0.2, 0.25) is 5.91 Å². The second-order valence-corrected chi connectivity index (χ2v) is 6.21. The number of hydrogen-bond acceptors (Lipinski definition) is 3. The van der Waals surface area contributed by atoms with Crippen molar-refractivity contribution >= 4 is 5.91 Å². The highest BCUT2D eigenvalue weighted by atomic mass is 16.5. The summed E-state index contributed by atoms with van der Waals surface area (Å²) in [5.41, 5.74) is 1.09. The smallest absolute Gasteiger partial charge is 0.223 e. The number of benzene rings is 1. The Labute approximate surface area is 133 Å². The highest BCUT2D eigenvalue weighted by Gasteiger charge is 2.27. The molecule has 0 bridgehead atoms. The summed E-state index contributed by atoms with van der Waals surface area (Å²) in [5.74, 6) is 1.78. The van der Waals surface area contributed by atoms with Crippen LogP contribution in [0.2, 0.25) is 0 Å². The zero-order valence-corrected chi connectivity index (χ0v) is 13.6. The van der Waals surface area contributed by atoms with Crippen molar-refractivity contribution in [2.24, 2.45) is 5.92 Å². The van der Waals surface area contributed by atoms with Gasteiger partial charge < -0.3 is 14.7 Å². The number of aliphatic hydroxyl groups is 1. The van der Waals surface area contributed by atoms with E-state index in [9.17, 15) is 4.79 Å². The topological polar surface area (TPSA) is 49.8 Å². The molecule has 0 spiro atoms. The van der Waals surface area contributed by atoms with Crippen LogP contribution in [0.25, 0.3) is 0 Å². The lowest BCUT2D eigenvalue weighted by Gasteiger charge is -2.20. The number of carbonyl (C=O) groups is 1. The average molecular weight is 305 g/mol. The van der Waals surface area contributed by atoms with Crippen molar-refractivity contribution in [2.45, 2.75) is 38.5 Å². The van der Waals surface area contributed by atoms with E-state index in [1.165, 1.54) is 0 Å². The van der Waals surface area contributed by atoms with Gasteiger partial charge in [-0.1, -0.05) is 25.1 Å². The van der Waals surface area contributed by atoms with E-state index in [0.29, 0.717) is 12.3 Å². The van der Waals surface area contributed by atoms with Gasteiger partial charge in [-0.15, -0.1) is 0 Å². The van der Waals surface area contributed by atoms with Crippen molar-refractivity contribution in [3.8, 4) is 5.75 Å². The summed E-state index contributed by atoms with van der Waals surface area (Å²) in [6, 6.07) is 7.91. The Hall–Kier alpha value is -1.55. The van der Waals surface area contributed by atoms with Crippen LogP contribution in [0.1, 0.15) is 44.1 Å². The van der Waals surface area contributed by atoms with Gasteiger partial charge in [0.15, 0.2) is 0 Å². The van der Waals surface area contributed by atoms with E-state index < -0.39 is 0 Å². The zero-order chi connectivity index (χ0) is 15.9. The fourth-order valence-corrected chi connectivity index (χ4v) is 3.25. The lowest BCUT2D eigenvalue weighted by molar-refractivity contribution is -0.130. The summed E-state index contributed by atoms with van der Waals surface area (Å²) in [7, 11) is 1.67. The minimum absolute atomic E-state index is 0.153. The predicted octanol–water partition coefficient (Wildman–Crippen LogP) is 2.81. The molecule has 4 heteroatoms. The van der Waals surface area contributed by atoms with E-state index in [2.05, 4.69) is 6.92 Å². The largest absolute Gasteiger partial charge is 0.496 e. The van der Waals surface area contributed by atoms with Gasteiger partial charge in [-0.3, -0.25) is 4.79 Å². The van der Waals surface area contributed by atoms with Crippen molar-refractivity contribution in [1.29, 1.82) is 0 Å². The maximum atomic E-state index is 12.5. The summed E-state index contributed by atoms with van der Waals surface area (Å²) in [5, 5.41) is 8.90. The molecule has 2 rings (SSSR count). The number of rotatable bonds is 7. The van der Waals surface area contributed by atoms with Gasteiger partial charge in [-0.05, 0) is 42.7 Å². The molecule has 1 fully saturated rings. The van der Waals surface area contributed by atoms with Crippen LogP contribution in [0.4, 0.5) is 0 Å². The number of methoxy groups -OCH3 is 1. The minimum Gasteiger partial charge on any atom is -0.496 e. The van der Waals surface area contributed by atoms with Gasteiger partial charge in [-0.25, -0.2) is 0 Å². The number of aliphatic hydroxyl groups excluding tert-OH is 1. The van der Waals surface area contributed by atoms with Crippen LogP contribution in [0, 0.1) is 5.92 Å². The molecule has 1 aromatic carbocycles. The fourth-order valence-electron chi connectivity index (χ4n) is 3.25. The van der Waals surface area contributed by atoms with Crippen molar-refractivity contribution in [3.63, 3.8) is 0 Å². The first-order valence-corrected chi connectivity index (χ1v) is 8.17. The fraction of sp³-hybridized carbons (Fsp3) is 0.611. The minimum atomic E-state index is 0.153. The van der Waals surface area contributed by atoms with Crippen LogP contribution in [-0.2, 0) is 4.79 Å². The Balaban J connectivity index is 1.89. The highest BCUT2D eigenvalue weighted by molar-refractivity contribution is 5.77. The normalized spacial score (nSPS) is 19.2. The molecule has 1 aliphatic rings. The third-order valence-electron chi connectivity index (χ3n) is 4.56. The van der Waals surface area contributed by atoms with Gasteiger partial charge in [0.1, 0.15) is 5.75 Å². The first kappa shape index (κ1) is 16.8. The lowest BCUT2D eigenvalue weighted by Crippen LogP contribution is -2.29. The number of ether oxygens (including phenoxy) is 1.